The highest BCUT2D eigenvalue weighted by Gasteiger charge is 2.27. The number of fused-ring (bicyclic) bond motifs is 1. The lowest BCUT2D eigenvalue weighted by atomic mass is 10.0. The molecule has 6 nitrogen and oxygen atoms in total. The first kappa shape index (κ1) is 11.8. The van der Waals surface area contributed by atoms with Gasteiger partial charge in [0, 0.05) is 24.7 Å². The van der Waals surface area contributed by atoms with Gasteiger partial charge in [-0.3, -0.25) is 4.68 Å². The standard InChI is InChI=1S/C13H13N5OS/c1-18-7-8(6-15-18)12-16-13(19-17-12)11-9-3-5-20-10(9)2-4-14-11/h3,5-7,11,14H,2,4H2,1H3. The Morgan fingerprint density at radius 3 is 3.30 bits per heavy atom. The Morgan fingerprint density at radius 1 is 1.50 bits per heavy atom. The molecule has 0 aromatic carbocycles. The molecule has 102 valence electrons. The van der Waals surface area contributed by atoms with Crippen LogP contribution in [0, 0.1) is 0 Å². The summed E-state index contributed by atoms with van der Waals surface area (Å²) in [6.07, 6.45) is 4.67. The van der Waals surface area contributed by atoms with Gasteiger partial charge in [-0.05, 0) is 23.4 Å². The molecule has 0 spiro atoms. The fraction of sp³-hybridized carbons (Fsp3) is 0.308. The van der Waals surface area contributed by atoms with Crippen LogP contribution in [0.15, 0.2) is 28.4 Å². The lowest BCUT2D eigenvalue weighted by Crippen LogP contribution is -2.29. The quantitative estimate of drug-likeness (QED) is 0.778. The van der Waals surface area contributed by atoms with Crippen molar-refractivity contribution < 1.29 is 4.52 Å². The van der Waals surface area contributed by atoms with E-state index in [0.717, 1.165) is 18.5 Å². The van der Waals surface area contributed by atoms with Crippen LogP contribution in [-0.4, -0.2) is 26.5 Å². The molecule has 4 rings (SSSR count). The smallest absolute Gasteiger partial charge is 0.248 e. The van der Waals surface area contributed by atoms with Crippen LogP contribution in [0.2, 0.25) is 0 Å². The van der Waals surface area contributed by atoms with Gasteiger partial charge in [0.15, 0.2) is 0 Å². The van der Waals surface area contributed by atoms with E-state index in [2.05, 4.69) is 32.0 Å². The Kier molecular flexibility index (Phi) is 2.68. The van der Waals surface area contributed by atoms with Gasteiger partial charge in [0.25, 0.3) is 0 Å². The third kappa shape index (κ3) is 1.86. The number of nitrogens with zero attached hydrogens (tertiary/aromatic N) is 4. The van der Waals surface area contributed by atoms with Gasteiger partial charge in [-0.1, -0.05) is 5.16 Å². The fourth-order valence-electron chi connectivity index (χ4n) is 2.48. The van der Waals surface area contributed by atoms with Crippen LogP contribution in [0.5, 0.6) is 0 Å². The summed E-state index contributed by atoms with van der Waals surface area (Å²) in [6, 6.07) is 2.13. The third-order valence-corrected chi connectivity index (χ3v) is 4.44. The minimum absolute atomic E-state index is 0.00271. The van der Waals surface area contributed by atoms with Crippen molar-refractivity contribution in [1.29, 1.82) is 0 Å². The van der Waals surface area contributed by atoms with Crippen molar-refractivity contribution in [2.45, 2.75) is 12.5 Å². The van der Waals surface area contributed by atoms with Gasteiger partial charge >= 0.3 is 0 Å². The number of rotatable bonds is 2. The van der Waals surface area contributed by atoms with Crippen LogP contribution in [-0.2, 0) is 13.5 Å². The summed E-state index contributed by atoms with van der Waals surface area (Å²) < 4.78 is 7.16. The normalized spacial score (nSPS) is 18.1. The molecule has 1 unspecified atom stereocenters. The van der Waals surface area contributed by atoms with Gasteiger partial charge in [0.1, 0.15) is 6.04 Å². The summed E-state index contributed by atoms with van der Waals surface area (Å²) in [5.74, 6) is 1.19. The molecule has 1 atom stereocenters. The van der Waals surface area contributed by atoms with Crippen LogP contribution < -0.4 is 5.32 Å². The topological polar surface area (TPSA) is 68.8 Å². The van der Waals surface area contributed by atoms with Crippen molar-refractivity contribution in [2.75, 3.05) is 6.54 Å². The molecule has 0 saturated heterocycles. The average molecular weight is 287 g/mol. The maximum Gasteiger partial charge on any atom is 0.248 e. The van der Waals surface area contributed by atoms with E-state index in [-0.39, 0.29) is 6.04 Å². The molecule has 7 heteroatoms. The van der Waals surface area contributed by atoms with Gasteiger partial charge in [-0.2, -0.15) is 10.1 Å². The van der Waals surface area contributed by atoms with Crippen molar-refractivity contribution in [3.05, 3.63) is 40.2 Å². The van der Waals surface area contributed by atoms with Crippen molar-refractivity contribution in [1.82, 2.24) is 25.2 Å². The van der Waals surface area contributed by atoms with Crippen LogP contribution in [0.4, 0.5) is 0 Å². The number of aromatic nitrogens is 4. The molecule has 0 radical (unpaired) electrons. The molecule has 0 fully saturated rings. The Morgan fingerprint density at radius 2 is 2.45 bits per heavy atom. The third-order valence-electron chi connectivity index (χ3n) is 3.44. The van der Waals surface area contributed by atoms with Crippen LogP contribution in [0.3, 0.4) is 0 Å². The molecule has 1 aliphatic rings. The van der Waals surface area contributed by atoms with Crippen molar-refractivity contribution >= 4 is 11.3 Å². The van der Waals surface area contributed by atoms with Crippen LogP contribution in [0.25, 0.3) is 11.4 Å². The summed E-state index contributed by atoms with van der Waals surface area (Å²) in [4.78, 5) is 5.91. The molecule has 0 aliphatic carbocycles. The predicted molar refractivity (Wildman–Crippen MR) is 74.4 cm³/mol. The molecule has 0 bridgehead atoms. The summed E-state index contributed by atoms with van der Waals surface area (Å²) in [5.41, 5.74) is 2.12. The van der Waals surface area contributed by atoms with E-state index < -0.39 is 0 Å². The molecule has 3 aromatic rings. The molecule has 3 aromatic heterocycles. The average Bonchev–Trinajstić information content (AvgIpc) is 3.17. The molecule has 20 heavy (non-hydrogen) atoms. The van der Waals surface area contributed by atoms with Gasteiger partial charge in [0.2, 0.25) is 11.7 Å². The lowest BCUT2D eigenvalue weighted by Gasteiger charge is -2.20. The monoisotopic (exact) mass is 287 g/mol. The summed E-state index contributed by atoms with van der Waals surface area (Å²) in [6.45, 7) is 0.933. The van der Waals surface area contributed by atoms with Gasteiger partial charge < -0.3 is 9.84 Å². The van der Waals surface area contributed by atoms with E-state index in [1.54, 1.807) is 22.2 Å². The minimum atomic E-state index is 0.00271. The van der Waals surface area contributed by atoms with E-state index in [1.165, 1.54) is 10.4 Å². The molecular formula is C13H13N5OS. The van der Waals surface area contributed by atoms with Crippen molar-refractivity contribution in [3.8, 4) is 11.4 Å². The first-order valence-corrected chi connectivity index (χ1v) is 7.31. The van der Waals surface area contributed by atoms with Crippen molar-refractivity contribution in [2.24, 2.45) is 7.05 Å². The van der Waals surface area contributed by atoms with E-state index in [0.29, 0.717) is 11.7 Å². The molecule has 4 heterocycles. The first-order valence-electron chi connectivity index (χ1n) is 6.43. The zero-order chi connectivity index (χ0) is 13.5. The van der Waals surface area contributed by atoms with Crippen molar-refractivity contribution in [3.63, 3.8) is 0 Å². The molecule has 1 aliphatic heterocycles. The van der Waals surface area contributed by atoms with E-state index >= 15 is 0 Å². The summed E-state index contributed by atoms with van der Waals surface area (Å²) in [7, 11) is 1.87. The van der Waals surface area contributed by atoms with Gasteiger partial charge in [-0.25, -0.2) is 0 Å². The largest absolute Gasteiger partial charge is 0.337 e. The molecule has 1 N–H and O–H groups in total. The van der Waals surface area contributed by atoms with Crippen LogP contribution >= 0.6 is 11.3 Å². The zero-order valence-corrected chi connectivity index (χ0v) is 11.7. The second-order valence-electron chi connectivity index (χ2n) is 4.80. The number of hydrogen-bond acceptors (Lipinski definition) is 6. The Bertz CT molecular complexity index is 743. The van der Waals surface area contributed by atoms with E-state index in [4.69, 9.17) is 4.52 Å². The Balaban J connectivity index is 1.70. The number of nitrogens with one attached hydrogen (secondary N) is 1. The second-order valence-corrected chi connectivity index (χ2v) is 5.80. The summed E-state index contributed by atoms with van der Waals surface area (Å²) in [5, 5.41) is 13.7. The lowest BCUT2D eigenvalue weighted by molar-refractivity contribution is 0.344. The highest BCUT2D eigenvalue weighted by molar-refractivity contribution is 7.10. The number of thiophene rings is 1. The van der Waals surface area contributed by atoms with Crippen LogP contribution in [0.1, 0.15) is 22.4 Å². The molecule has 0 saturated carbocycles. The fourth-order valence-corrected chi connectivity index (χ4v) is 3.40. The maximum absolute atomic E-state index is 5.44. The molecule has 0 amide bonds. The highest BCUT2D eigenvalue weighted by atomic mass is 32.1. The first-order chi connectivity index (χ1) is 9.81. The van der Waals surface area contributed by atoms with Gasteiger partial charge in [0.05, 0.1) is 11.8 Å². The SMILES string of the molecule is Cn1cc(-c2noc(C3NCCc4sccc43)n2)cn1. The Labute approximate surface area is 119 Å². The van der Waals surface area contributed by atoms with E-state index in [1.807, 2.05) is 13.2 Å². The number of hydrogen-bond donors (Lipinski definition) is 1. The Hall–Kier alpha value is -1.99. The van der Waals surface area contributed by atoms with E-state index in [9.17, 15) is 0 Å². The maximum atomic E-state index is 5.44. The van der Waals surface area contributed by atoms with Gasteiger partial charge in [-0.15, -0.1) is 11.3 Å². The number of aryl methyl sites for hydroxylation is 1. The highest BCUT2D eigenvalue weighted by Crippen LogP contribution is 2.31. The second kappa shape index (κ2) is 4.53. The minimum Gasteiger partial charge on any atom is -0.337 e. The predicted octanol–water partition coefficient (Wildman–Crippen LogP) is 1.77. The zero-order valence-electron chi connectivity index (χ0n) is 10.9. The summed E-state index contributed by atoms with van der Waals surface area (Å²) >= 11 is 1.79. The molecular weight excluding hydrogens is 274 g/mol.